The summed E-state index contributed by atoms with van der Waals surface area (Å²) >= 11 is 3.47. The van der Waals surface area contributed by atoms with Crippen LogP contribution in [0.4, 0.5) is 0 Å². The molecule has 1 saturated heterocycles. The van der Waals surface area contributed by atoms with Crippen LogP contribution in [-0.4, -0.2) is 18.3 Å². The summed E-state index contributed by atoms with van der Waals surface area (Å²) in [6, 6.07) is 7.87. The van der Waals surface area contributed by atoms with Gasteiger partial charge in [-0.2, -0.15) is 0 Å². The Morgan fingerprint density at radius 1 is 1.27 bits per heavy atom. The van der Waals surface area contributed by atoms with Crippen LogP contribution in [0.25, 0.3) is 0 Å². The van der Waals surface area contributed by atoms with E-state index in [1.807, 2.05) is 24.3 Å². The molecular formula is C12H15BrO2. The first-order valence-electron chi connectivity index (χ1n) is 5.29. The number of aliphatic hydroxyl groups excluding tert-OH is 1. The van der Waals surface area contributed by atoms with E-state index in [-0.39, 0.29) is 6.10 Å². The second-order valence-corrected chi connectivity index (χ2v) is 4.77. The molecule has 1 aromatic rings. The lowest BCUT2D eigenvalue weighted by atomic mass is 9.89. The summed E-state index contributed by atoms with van der Waals surface area (Å²) < 4.78 is 6.28. The van der Waals surface area contributed by atoms with Gasteiger partial charge in [0.1, 0.15) is 0 Å². The van der Waals surface area contributed by atoms with Crippen molar-refractivity contribution in [2.45, 2.75) is 18.9 Å². The molecule has 1 aliphatic rings. The Balaban J connectivity index is 2.12. The fourth-order valence-electron chi connectivity index (χ4n) is 2.00. The zero-order valence-corrected chi connectivity index (χ0v) is 10.1. The number of halogens is 1. The number of ether oxygens (including phenoxy) is 1. The molecule has 15 heavy (non-hydrogen) atoms. The van der Waals surface area contributed by atoms with E-state index >= 15 is 0 Å². The molecule has 1 heterocycles. The molecule has 0 aliphatic carbocycles. The highest BCUT2D eigenvalue weighted by Gasteiger charge is 2.24. The Kier molecular flexibility index (Phi) is 3.78. The quantitative estimate of drug-likeness (QED) is 0.896. The summed E-state index contributed by atoms with van der Waals surface area (Å²) in [5.74, 6) is 0.331. The van der Waals surface area contributed by atoms with Crippen molar-refractivity contribution in [3.63, 3.8) is 0 Å². The highest BCUT2D eigenvalue weighted by atomic mass is 79.9. The van der Waals surface area contributed by atoms with Crippen molar-refractivity contribution in [3.8, 4) is 0 Å². The van der Waals surface area contributed by atoms with Crippen molar-refractivity contribution in [2.24, 2.45) is 5.92 Å². The standard InChI is InChI=1S/C12H15BrO2/c13-11-4-2-1-3-10(11)12(14)9-5-7-15-8-6-9/h1-4,9,12,14H,5-8H2. The van der Waals surface area contributed by atoms with Crippen LogP contribution in [-0.2, 0) is 4.74 Å². The molecule has 0 amide bonds. The predicted molar refractivity (Wildman–Crippen MR) is 62.6 cm³/mol. The smallest absolute Gasteiger partial charge is 0.0830 e. The third-order valence-electron chi connectivity index (χ3n) is 2.94. The van der Waals surface area contributed by atoms with E-state index in [0.29, 0.717) is 5.92 Å². The molecule has 2 rings (SSSR count). The number of benzene rings is 1. The third kappa shape index (κ3) is 2.60. The lowest BCUT2D eigenvalue weighted by Gasteiger charge is -2.27. The minimum atomic E-state index is -0.371. The van der Waals surface area contributed by atoms with E-state index in [1.165, 1.54) is 0 Å². The SMILES string of the molecule is OC(c1ccccc1Br)C1CCOCC1. The molecule has 0 spiro atoms. The van der Waals surface area contributed by atoms with Gasteiger partial charge in [-0.3, -0.25) is 0 Å². The lowest BCUT2D eigenvalue weighted by molar-refractivity contribution is 0.00692. The van der Waals surface area contributed by atoms with Crippen molar-refractivity contribution < 1.29 is 9.84 Å². The molecule has 0 bridgehead atoms. The van der Waals surface area contributed by atoms with Gasteiger partial charge in [0.05, 0.1) is 6.10 Å². The van der Waals surface area contributed by atoms with Gasteiger partial charge < -0.3 is 9.84 Å². The normalized spacial score (nSPS) is 20.1. The summed E-state index contributed by atoms with van der Waals surface area (Å²) in [5.41, 5.74) is 0.990. The molecular weight excluding hydrogens is 256 g/mol. The van der Waals surface area contributed by atoms with Gasteiger partial charge in [0.25, 0.3) is 0 Å². The van der Waals surface area contributed by atoms with Crippen LogP contribution in [0.3, 0.4) is 0 Å². The molecule has 1 unspecified atom stereocenters. The highest BCUT2D eigenvalue weighted by molar-refractivity contribution is 9.10. The molecule has 1 atom stereocenters. The van der Waals surface area contributed by atoms with Crippen molar-refractivity contribution in [2.75, 3.05) is 13.2 Å². The first kappa shape index (κ1) is 11.1. The second kappa shape index (κ2) is 5.10. The van der Waals surface area contributed by atoms with Gasteiger partial charge in [-0.05, 0) is 30.4 Å². The first-order chi connectivity index (χ1) is 7.29. The maximum Gasteiger partial charge on any atom is 0.0830 e. The largest absolute Gasteiger partial charge is 0.388 e. The van der Waals surface area contributed by atoms with Crippen molar-refractivity contribution >= 4 is 15.9 Å². The van der Waals surface area contributed by atoms with Crippen LogP contribution in [0.2, 0.25) is 0 Å². The van der Waals surface area contributed by atoms with Crippen LogP contribution < -0.4 is 0 Å². The topological polar surface area (TPSA) is 29.5 Å². The molecule has 0 radical (unpaired) electrons. The zero-order chi connectivity index (χ0) is 10.7. The summed E-state index contributed by atoms with van der Waals surface area (Å²) in [6.07, 6.45) is 1.52. The molecule has 3 heteroatoms. The van der Waals surface area contributed by atoms with E-state index in [1.54, 1.807) is 0 Å². The number of aliphatic hydroxyl groups is 1. The third-order valence-corrected chi connectivity index (χ3v) is 3.66. The van der Waals surface area contributed by atoms with Crippen LogP contribution in [0.15, 0.2) is 28.7 Å². The summed E-state index contributed by atoms with van der Waals surface area (Å²) in [6.45, 7) is 1.54. The van der Waals surface area contributed by atoms with E-state index in [0.717, 1.165) is 36.1 Å². The molecule has 2 nitrogen and oxygen atoms in total. The van der Waals surface area contributed by atoms with Gasteiger partial charge >= 0.3 is 0 Å². The van der Waals surface area contributed by atoms with Crippen LogP contribution in [0.5, 0.6) is 0 Å². The van der Waals surface area contributed by atoms with Gasteiger partial charge in [0.15, 0.2) is 0 Å². The maximum absolute atomic E-state index is 10.2. The molecule has 1 fully saturated rings. The Morgan fingerprint density at radius 2 is 1.93 bits per heavy atom. The first-order valence-corrected chi connectivity index (χ1v) is 6.08. The number of rotatable bonds is 2. The number of hydrogen-bond donors (Lipinski definition) is 1. The van der Waals surface area contributed by atoms with Crippen LogP contribution in [0, 0.1) is 5.92 Å². The van der Waals surface area contributed by atoms with Crippen LogP contribution in [0.1, 0.15) is 24.5 Å². The van der Waals surface area contributed by atoms with E-state index in [9.17, 15) is 5.11 Å². The molecule has 82 valence electrons. The summed E-state index contributed by atoms with van der Waals surface area (Å²) in [4.78, 5) is 0. The Labute approximate surface area is 98.4 Å². The Bertz CT molecular complexity index is 321. The monoisotopic (exact) mass is 270 g/mol. The van der Waals surface area contributed by atoms with Crippen molar-refractivity contribution in [1.29, 1.82) is 0 Å². The van der Waals surface area contributed by atoms with Crippen LogP contribution >= 0.6 is 15.9 Å². The van der Waals surface area contributed by atoms with E-state index < -0.39 is 0 Å². The van der Waals surface area contributed by atoms with Gasteiger partial charge in [0.2, 0.25) is 0 Å². The summed E-state index contributed by atoms with van der Waals surface area (Å²) in [7, 11) is 0. The Hall–Kier alpha value is -0.380. The van der Waals surface area contributed by atoms with E-state index in [4.69, 9.17) is 4.74 Å². The molecule has 1 N–H and O–H groups in total. The zero-order valence-electron chi connectivity index (χ0n) is 8.53. The lowest BCUT2D eigenvalue weighted by Crippen LogP contribution is -2.22. The fraction of sp³-hybridized carbons (Fsp3) is 0.500. The molecule has 1 aromatic carbocycles. The molecule has 1 aliphatic heterocycles. The van der Waals surface area contributed by atoms with E-state index in [2.05, 4.69) is 15.9 Å². The average molecular weight is 271 g/mol. The van der Waals surface area contributed by atoms with Gasteiger partial charge in [0, 0.05) is 17.7 Å². The van der Waals surface area contributed by atoms with Crippen molar-refractivity contribution in [3.05, 3.63) is 34.3 Å². The second-order valence-electron chi connectivity index (χ2n) is 3.92. The average Bonchev–Trinajstić information content (AvgIpc) is 2.30. The van der Waals surface area contributed by atoms with Gasteiger partial charge in [-0.1, -0.05) is 34.1 Å². The number of hydrogen-bond acceptors (Lipinski definition) is 2. The van der Waals surface area contributed by atoms with Gasteiger partial charge in [-0.15, -0.1) is 0 Å². The maximum atomic E-state index is 10.2. The van der Waals surface area contributed by atoms with Crippen molar-refractivity contribution in [1.82, 2.24) is 0 Å². The Morgan fingerprint density at radius 3 is 2.60 bits per heavy atom. The summed E-state index contributed by atoms with van der Waals surface area (Å²) in [5, 5.41) is 10.2. The fourth-order valence-corrected chi connectivity index (χ4v) is 2.52. The van der Waals surface area contributed by atoms with Gasteiger partial charge in [-0.25, -0.2) is 0 Å². The highest BCUT2D eigenvalue weighted by Crippen LogP contribution is 2.33. The minimum Gasteiger partial charge on any atom is -0.388 e. The predicted octanol–water partition coefficient (Wildman–Crippen LogP) is 2.91. The molecule has 0 saturated carbocycles. The molecule has 0 aromatic heterocycles. The minimum absolute atomic E-state index is 0.331.